The number of likely N-dealkylation sites (tertiary alicyclic amines) is 1. The largest absolute Gasteiger partial charge is 0.388 e. The van der Waals surface area contributed by atoms with E-state index in [2.05, 4.69) is 10.1 Å². The highest BCUT2D eigenvalue weighted by molar-refractivity contribution is 6.36. The van der Waals surface area contributed by atoms with E-state index in [1.165, 1.54) is 17.1 Å². The number of amides is 1. The molecule has 1 saturated heterocycles. The first-order chi connectivity index (χ1) is 17.8. The van der Waals surface area contributed by atoms with Crippen LogP contribution in [0.15, 0.2) is 59.8 Å². The first kappa shape index (κ1) is 24.2. The van der Waals surface area contributed by atoms with E-state index in [1.807, 2.05) is 35.2 Å². The number of fused-ring (bicyclic) bond motifs is 1. The summed E-state index contributed by atoms with van der Waals surface area (Å²) in [4.78, 5) is 31.9. The quantitative estimate of drug-likeness (QED) is 0.409. The molecule has 0 atom stereocenters. The molecule has 3 heterocycles. The molecule has 0 unspecified atom stereocenters. The van der Waals surface area contributed by atoms with Crippen LogP contribution in [0.5, 0.6) is 0 Å². The second-order valence-electron chi connectivity index (χ2n) is 9.97. The van der Waals surface area contributed by atoms with Crippen molar-refractivity contribution in [2.75, 3.05) is 13.1 Å². The van der Waals surface area contributed by atoms with E-state index in [0.29, 0.717) is 47.0 Å². The molecule has 0 bridgehead atoms. The smallest absolute Gasteiger partial charge is 0.264 e. The molecule has 2 aliphatic rings. The van der Waals surface area contributed by atoms with Crippen LogP contribution in [0.2, 0.25) is 10.0 Å². The van der Waals surface area contributed by atoms with E-state index in [1.54, 1.807) is 16.8 Å². The van der Waals surface area contributed by atoms with Gasteiger partial charge in [-0.2, -0.15) is 5.10 Å². The van der Waals surface area contributed by atoms with E-state index in [4.69, 9.17) is 23.2 Å². The Hall–Kier alpha value is -3.20. The molecule has 37 heavy (non-hydrogen) atoms. The van der Waals surface area contributed by atoms with Gasteiger partial charge in [0.05, 0.1) is 24.0 Å². The van der Waals surface area contributed by atoms with Crippen LogP contribution in [0.1, 0.15) is 25.7 Å². The van der Waals surface area contributed by atoms with Gasteiger partial charge in [0.2, 0.25) is 5.91 Å². The Kier molecular flexibility index (Phi) is 6.06. The first-order valence-corrected chi connectivity index (χ1v) is 13.1. The second-order valence-corrected chi connectivity index (χ2v) is 10.8. The average Bonchev–Trinajstić information content (AvgIpc) is 3.65. The Morgan fingerprint density at radius 3 is 2.49 bits per heavy atom. The minimum absolute atomic E-state index is 0.127. The third-order valence-electron chi connectivity index (χ3n) is 7.31. The van der Waals surface area contributed by atoms with Gasteiger partial charge >= 0.3 is 0 Å². The standard InChI is InChI=1S/C27H25Cl2N5O3/c28-19-5-8-21(23(29)13-19)17-3-6-20(7-4-17)34-24-22(14-31-34)26(36)33(16-30-24)15-27(37)9-11-32(12-10-27)25(35)18-1-2-18/h3-8,13-14,16,18,37H,1-2,9-12,15H2. The lowest BCUT2D eigenvalue weighted by atomic mass is 9.91. The van der Waals surface area contributed by atoms with Crippen molar-refractivity contribution in [3.8, 4) is 16.8 Å². The summed E-state index contributed by atoms with van der Waals surface area (Å²) in [7, 11) is 0. The number of piperidine rings is 1. The van der Waals surface area contributed by atoms with Crippen LogP contribution in [-0.4, -0.2) is 53.9 Å². The molecule has 2 aromatic carbocycles. The van der Waals surface area contributed by atoms with Gasteiger partial charge in [-0.1, -0.05) is 41.4 Å². The molecular weight excluding hydrogens is 513 g/mol. The molecule has 1 amide bonds. The Morgan fingerprint density at radius 1 is 1.08 bits per heavy atom. The minimum Gasteiger partial charge on any atom is -0.388 e. The maximum absolute atomic E-state index is 13.2. The fraction of sp³-hybridized carbons (Fsp3) is 0.333. The van der Waals surface area contributed by atoms with Gasteiger partial charge in [0, 0.05) is 34.6 Å². The first-order valence-electron chi connectivity index (χ1n) is 12.3. The lowest BCUT2D eigenvalue weighted by molar-refractivity contribution is -0.137. The lowest BCUT2D eigenvalue weighted by Crippen LogP contribution is -2.50. The Balaban J connectivity index is 1.21. The van der Waals surface area contributed by atoms with Crippen molar-refractivity contribution in [1.29, 1.82) is 0 Å². The number of aromatic nitrogens is 4. The molecule has 1 saturated carbocycles. The van der Waals surface area contributed by atoms with E-state index < -0.39 is 5.60 Å². The predicted octanol–water partition coefficient (Wildman–Crippen LogP) is 4.32. The second kappa shape index (κ2) is 9.28. The van der Waals surface area contributed by atoms with Gasteiger partial charge in [-0.25, -0.2) is 9.67 Å². The van der Waals surface area contributed by atoms with Gasteiger partial charge in [0.1, 0.15) is 11.7 Å². The van der Waals surface area contributed by atoms with Crippen LogP contribution < -0.4 is 5.56 Å². The van der Waals surface area contributed by atoms with Crippen molar-refractivity contribution in [3.63, 3.8) is 0 Å². The predicted molar refractivity (Wildman–Crippen MR) is 142 cm³/mol. The summed E-state index contributed by atoms with van der Waals surface area (Å²) in [5.41, 5.74) is 1.66. The summed E-state index contributed by atoms with van der Waals surface area (Å²) >= 11 is 12.4. The molecule has 2 aromatic heterocycles. The monoisotopic (exact) mass is 537 g/mol. The zero-order chi connectivity index (χ0) is 25.7. The molecule has 1 aliphatic carbocycles. The van der Waals surface area contributed by atoms with Crippen LogP contribution in [0.25, 0.3) is 27.8 Å². The van der Waals surface area contributed by atoms with Crippen LogP contribution in [-0.2, 0) is 11.3 Å². The normalized spacial score (nSPS) is 17.3. The molecule has 190 valence electrons. The third-order valence-corrected chi connectivity index (χ3v) is 7.85. The molecule has 10 heteroatoms. The number of hydrogen-bond acceptors (Lipinski definition) is 5. The Morgan fingerprint density at radius 2 is 1.81 bits per heavy atom. The molecule has 6 rings (SSSR count). The SMILES string of the molecule is O=C(C1CC1)N1CCC(O)(Cn2cnc3c(cnn3-c3ccc(-c4ccc(Cl)cc4Cl)cc3)c2=O)CC1. The van der Waals surface area contributed by atoms with E-state index >= 15 is 0 Å². The van der Waals surface area contributed by atoms with Crippen molar-refractivity contribution >= 4 is 40.1 Å². The molecule has 0 spiro atoms. The summed E-state index contributed by atoms with van der Waals surface area (Å²) in [6, 6.07) is 13.0. The van der Waals surface area contributed by atoms with Crippen LogP contribution >= 0.6 is 23.2 Å². The van der Waals surface area contributed by atoms with Gasteiger partial charge in [-0.15, -0.1) is 0 Å². The number of rotatable bonds is 5. The van der Waals surface area contributed by atoms with Gasteiger partial charge in [-0.3, -0.25) is 14.2 Å². The highest BCUT2D eigenvalue weighted by atomic mass is 35.5. The zero-order valence-electron chi connectivity index (χ0n) is 20.0. The van der Waals surface area contributed by atoms with E-state index in [0.717, 1.165) is 29.7 Å². The third kappa shape index (κ3) is 4.65. The van der Waals surface area contributed by atoms with Gasteiger partial charge < -0.3 is 10.0 Å². The fourth-order valence-corrected chi connectivity index (χ4v) is 5.48. The van der Waals surface area contributed by atoms with Crippen molar-refractivity contribution in [2.45, 2.75) is 37.8 Å². The fourth-order valence-electron chi connectivity index (χ4n) is 4.96. The molecule has 1 N–H and O–H groups in total. The maximum atomic E-state index is 13.2. The topological polar surface area (TPSA) is 93.2 Å². The number of halogens is 2. The van der Waals surface area contributed by atoms with Crippen molar-refractivity contribution in [3.05, 3.63) is 75.4 Å². The zero-order valence-corrected chi connectivity index (χ0v) is 21.5. The number of carbonyl (C=O) groups is 1. The highest BCUT2D eigenvalue weighted by Crippen LogP contribution is 2.34. The minimum atomic E-state index is -1.06. The summed E-state index contributed by atoms with van der Waals surface area (Å²) in [5, 5.41) is 17.1. The van der Waals surface area contributed by atoms with E-state index in [-0.39, 0.29) is 23.9 Å². The molecule has 2 fully saturated rings. The number of nitrogens with zero attached hydrogens (tertiary/aromatic N) is 5. The summed E-state index contributed by atoms with van der Waals surface area (Å²) < 4.78 is 3.06. The summed E-state index contributed by atoms with van der Waals surface area (Å²) in [6.07, 6.45) is 5.76. The average molecular weight is 538 g/mol. The molecule has 4 aromatic rings. The van der Waals surface area contributed by atoms with Crippen molar-refractivity contribution in [2.24, 2.45) is 5.92 Å². The molecular formula is C27H25Cl2N5O3. The number of benzene rings is 2. The van der Waals surface area contributed by atoms with Crippen LogP contribution in [0.4, 0.5) is 0 Å². The van der Waals surface area contributed by atoms with Crippen molar-refractivity contribution in [1.82, 2.24) is 24.2 Å². The van der Waals surface area contributed by atoms with Crippen LogP contribution in [0.3, 0.4) is 0 Å². The van der Waals surface area contributed by atoms with Crippen LogP contribution in [0, 0.1) is 5.92 Å². The maximum Gasteiger partial charge on any atom is 0.264 e. The number of aliphatic hydroxyl groups is 1. The molecule has 8 nitrogen and oxygen atoms in total. The highest BCUT2D eigenvalue weighted by Gasteiger charge is 2.39. The number of carbonyl (C=O) groups excluding carboxylic acids is 1. The van der Waals surface area contributed by atoms with Crippen molar-refractivity contribution < 1.29 is 9.90 Å². The number of hydrogen-bond donors (Lipinski definition) is 1. The van der Waals surface area contributed by atoms with Gasteiger partial charge in [-0.05, 0) is 55.5 Å². The molecule has 1 aliphatic heterocycles. The summed E-state index contributed by atoms with van der Waals surface area (Å²) in [5.74, 6) is 0.363. The summed E-state index contributed by atoms with van der Waals surface area (Å²) in [6.45, 7) is 1.14. The lowest BCUT2D eigenvalue weighted by Gasteiger charge is -2.38. The molecule has 0 radical (unpaired) electrons. The van der Waals surface area contributed by atoms with E-state index in [9.17, 15) is 14.7 Å². The Bertz CT molecular complexity index is 1550. The van der Waals surface area contributed by atoms with Gasteiger partial charge in [0.15, 0.2) is 5.65 Å². The Labute approximate surface area is 223 Å². The van der Waals surface area contributed by atoms with Gasteiger partial charge in [0.25, 0.3) is 5.56 Å².